The highest BCUT2D eigenvalue weighted by atomic mass is 19.1. The second-order valence-electron chi connectivity index (χ2n) is 5.34. The van der Waals surface area contributed by atoms with Gasteiger partial charge < -0.3 is 14.5 Å². The molecule has 6 heteroatoms. The summed E-state index contributed by atoms with van der Waals surface area (Å²) in [7, 11) is 0. The Morgan fingerprint density at radius 2 is 1.96 bits per heavy atom. The smallest absolute Gasteiger partial charge is 0.330 e. The third-order valence-electron chi connectivity index (χ3n) is 3.84. The van der Waals surface area contributed by atoms with Crippen molar-refractivity contribution in [1.82, 2.24) is 9.55 Å². The van der Waals surface area contributed by atoms with Gasteiger partial charge >= 0.3 is 5.69 Å². The van der Waals surface area contributed by atoms with Gasteiger partial charge in [-0.05, 0) is 42.8 Å². The summed E-state index contributed by atoms with van der Waals surface area (Å²) in [5, 5.41) is 0. The Hall–Kier alpha value is -3.02. The fraction of sp³-hybridized carbons (Fsp3) is 0.118. The van der Waals surface area contributed by atoms with Crippen LogP contribution in [0.15, 0.2) is 47.4 Å². The minimum Gasteiger partial charge on any atom is -0.454 e. The minimum absolute atomic E-state index is 0.193. The third kappa shape index (κ3) is 2.28. The van der Waals surface area contributed by atoms with Gasteiger partial charge in [0.1, 0.15) is 5.82 Å². The van der Waals surface area contributed by atoms with E-state index in [9.17, 15) is 9.18 Å². The molecule has 0 fully saturated rings. The number of nitrogens with one attached hydrogen (secondary N) is 1. The number of fused-ring (bicyclic) bond motifs is 1. The molecule has 4 rings (SSSR count). The molecule has 1 N–H and O–H groups in total. The van der Waals surface area contributed by atoms with Crippen molar-refractivity contribution in [3.8, 4) is 28.4 Å². The Morgan fingerprint density at radius 3 is 2.78 bits per heavy atom. The molecule has 23 heavy (non-hydrogen) atoms. The number of aryl methyl sites for hydroxylation is 1. The summed E-state index contributed by atoms with van der Waals surface area (Å²) >= 11 is 0. The van der Waals surface area contributed by atoms with E-state index in [1.165, 1.54) is 10.6 Å². The van der Waals surface area contributed by atoms with E-state index in [-0.39, 0.29) is 18.3 Å². The highest BCUT2D eigenvalue weighted by molar-refractivity contribution is 5.64. The van der Waals surface area contributed by atoms with Crippen LogP contribution in [0.1, 0.15) is 5.56 Å². The van der Waals surface area contributed by atoms with E-state index in [2.05, 4.69) is 4.98 Å². The summed E-state index contributed by atoms with van der Waals surface area (Å²) in [6.07, 6.45) is 1.64. The number of aromatic nitrogens is 2. The van der Waals surface area contributed by atoms with E-state index in [4.69, 9.17) is 9.47 Å². The van der Waals surface area contributed by atoms with Crippen LogP contribution in [0.3, 0.4) is 0 Å². The van der Waals surface area contributed by atoms with E-state index >= 15 is 0 Å². The molecule has 0 amide bonds. The first-order valence-corrected chi connectivity index (χ1v) is 7.10. The average Bonchev–Trinajstić information content (AvgIpc) is 3.15. The third-order valence-corrected chi connectivity index (χ3v) is 3.84. The van der Waals surface area contributed by atoms with Gasteiger partial charge in [0.25, 0.3) is 0 Å². The minimum atomic E-state index is -0.347. The molecule has 116 valence electrons. The van der Waals surface area contributed by atoms with E-state index in [1.54, 1.807) is 37.4 Å². The first-order chi connectivity index (χ1) is 11.1. The highest BCUT2D eigenvalue weighted by Gasteiger charge is 2.15. The van der Waals surface area contributed by atoms with Crippen LogP contribution in [0.2, 0.25) is 0 Å². The summed E-state index contributed by atoms with van der Waals surface area (Å²) in [6, 6.07) is 10.1. The summed E-state index contributed by atoms with van der Waals surface area (Å²) < 4.78 is 25.7. The van der Waals surface area contributed by atoms with E-state index in [1.807, 2.05) is 6.07 Å². The molecule has 0 atom stereocenters. The molecular formula is C17H13FN2O3. The van der Waals surface area contributed by atoms with Gasteiger partial charge in [-0.25, -0.2) is 9.18 Å². The van der Waals surface area contributed by atoms with Crippen molar-refractivity contribution in [2.24, 2.45) is 0 Å². The SMILES string of the molecule is Cc1ccc(-n2cc(-c3ccc4c(c3)OCO4)[nH]c2=O)cc1F. The van der Waals surface area contributed by atoms with Gasteiger partial charge in [-0.1, -0.05) is 6.07 Å². The number of halogens is 1. The van der Waals surface area contributed by atoms with Crippen molar-refractivity contribution in [1.29, 1.82) is 0 Å². The van der Waals surface area contributed by atoms with E-state index in [0.29, 0.717) is 28.4 Å². The number of H-pyrrole nitrogens is 1. The fourth-order valence-corrected chi connectivity index (χ4v) is 2.53. The van der Waals surface area contributed by atoms with Crippen LogP contribution in [0.4, 0.5) is 4.39 Å². The first kappa shape index (κ1) is 13.6. The van der Waals surface area contributed by atoms with Gasteiger partial charge in [0, 0.05) is 11.8 Å². The molecule has 2 aromatic carbocycles. The number of aromatic amines is 1. The molecule has 1 aliphatic heterocycles. The number of hydrogen-bond donors (Lipinski definition) is 1. The lowest BCUT2D eigenvalue weighted by Gasteiger charge is -2.03. The van der Waals surface area contributed by atoms with Gasteiger partial charge in [-0.15, -0.1) is 0 Å². The van der Waals surface area contributed by atoms with Crippen molar-refractivity contribution in [2.45, 2.75) is 6.92 Å². The Labute approximate surface area is 130 Å². The van der Waals surface area contributed by atoms with Gasteiger partial charge in [-0.3, -0.25) is 4.57 Å². The number of imidazole rings is 1. The number of benzene rings is 2. The van der Waals surface area contributed by atoms with Crippen LogP contribution in [0.25, 0.3) is 16.9 Å². The first-order valence-electron chi connectivity index (χ1n) is 7.10. The molecule has 3 aromatic rings. The predicted molar refractivity (Wildman–Crippen MR) is 82.6 cm³/mol. The number of ether oxygens (including phenoxy) is 2. The Kier molecular flexibility index (Phi) is 2.97. The number of hydrogen-bond acceptors (Lipinski definition) is 3. The van der Waals surface area contributed by atoms with Gasteiger partial charge in [0.05, 0.1) is 11.4 Å². The van der Waals surface area contributed by atoms with Crippen LogP contribution >= 0.6 is 0 Å². The molecule has 5 nitrogen and oxygen atoms in total. The summed E-state index contributed by atoms with van der Waals surface area (Å²) in [6.45, 7) is 1.87. The maximum absolute atomic E-state index is 13.7. The average molecular weight is 312 g/mol. The molecule has 1 aliphatic rings. The molecule has 0 unspecified atom stereocenters. The van der Waals surface area contributed by atoms with Gasteiger partial charge in [0.2, 0.25) is 6.79 Å². The lowest BCUT2D eigenvalue weighted by molar-refractivity contribution is 0.174. The Bertz CT molecular complexity index is 959. The van der Waals surface area contributed by atoms with Crippen LogP contribution in [0, 0.1) is 12.7 Å². The molecule has 0 bridgehead atoms. The van der Waals surface area contributed by atoms with Crippen LogP contribution in [-0.2, 0) is 0 Å². The molecular weight excluding hydrogens is 299 g/mol. The maximum Gasteiger partial charge on any atom is 0.330 e. The monoisotopic (exact) mass is 312 g/mol. The molecule has 0 aliphatic carbocycles. The van der Waals surface area contributed by atoms with Gasteiger partial charge in [0.15, 0.2) is 11.5 Å². The summed E-state index contributed by atoms with van der Waals surface area (Å²) in [5.74, 6) is 0.967. The second-order valence-corrected chi connectivity index (χ2v) is 5.34. The van der Waals surface area contributed by atoms with Gasteiger partial charge in [-0.2, -0.15) is 0 Å². The topological polar surface area (TPSA) is 56.2 Å². The quantitative estimate of drug-likeness (QED) is 0.791. The summed E-state index contributed by atoms with van der Waals surface area (Å²) in [4.78, 5) is 14.9. The van der Waals surface area contributed by atoms with Crippen molar-refractivity contribution in [2.75, 3.05) is 6.79 Å². The van der Waals surface area contributed by atoms with Crippen molar-refractivity contribution < 1.29 is 13.9 Å². The standard InChI is InChI=1S/C17H13FN2O3/c1-10-2-4-12(7-13(10)18)20-8-14(19-17(20)21)11-3-5-15-16(6-11)23-9-22-15/h2-8H,9H2,1H3,(H,19,21). The molecule has 2 heterocycles. The normalized spacial score (nSPS) is 12.6. The zero-order valence-corrected chi connectivity index (χ0v) is 12.3. The van der Waals surface area contributed by atoms with Crippen LogP contribution in [0.5, 0.6) is 11.5 Å². The lowest BCUT2D eigenvalue weighted by Crippen LogP contribution is -2.14. The fourth-order valence-electron chi connectivity index (χ4n) is 2.53. The molecule has 0 radical (unpaired) electrons. The van der Waals surface area contributed by atoms with Crippen LogP contribution in [-0.4, -0.2) is 16.3 Å². The number of rotatable bonds is 2. The number of nitrogens with zero attached hydrogens (tertiary/aromatic N) is 1. The van der Waals surface area contributed by atoms with E-state index < -0.39 is 0 Å². The largest absolute Gasteiger partial charge is 0.454 e. The lowest BCUT2D eigenvalue weighted by atomic mass is 10.1. The molecule has 0 spiro atoms. The predicted octanol–water partition coefficient (Wildman–Crippen LogP) is 3.01. The molecule has 1 aromatic heterocycles. The zero-order chi connectivity index (χ0) is 16.0. The molecule has 0 saturated carbocycles. The maximum atomic E-state index is 13.7. The Balaban J connectivity index is 1.78. The van der Waals surface area contributed by atoms with Crippen molar-refractivity contribution in [3.63, 3.8) is 0 Å². The van der Waals surface area contributed by atoms with Crippen molar-refractivity contribution >= 4 is 0 Å². The highest BCUT2D eigenvalue weighted by Crippen LogP contribution is 2.35. The zero-order valence-electron chi connectivity index (χ0n) is 12.3. The Morgan fingerprint density at radius 1 is 1.13 bits per heavy atom. The summed E-state index contributed by atoms with van der Waals surface area (Å²) in [5.41, 5.74) is 2.09. The van der Waals surface area contributed by atoms with Crippen molar-refractivity contribution in [3.05, 3.63) is 64.5 Å². The van der Waals surface area contributed by atoms with E-state index in [0.717, 1.165) is 5.56 Å². The second kappa shape index (κ2) is 5.01. The van der Waals surface area contributed by atoms with Crippen LogP contribution < -0.4 is 15.2 Å². The molecule has 0 saturated heterocycles.